The van der Waals surface area contributed by atoms with Crippen LogP contribution in [0, 0.1) is 0 Å². The third-order valence-corrected chi connectivity index (χ3v) is 7.97. The monoisotopic (exact) mass is 411 g/mol. The summed E-state index contributed by atoms with van der Waals surface area (Å²) in [7, 11) is -3.85. The number of nitrogens with zero attached hydrogens (tertiary/aromatic N) is 1. The maximum Gasteiger partial charge on any atom is 0.335 e. The molecule has 0 aromatic heterocycles. The van der Waals surface area contributed by atoms with Gasteiger partial charge >= 0.3 is 11.9 Å². The predicted octanol–water partition coefficient (Wildman–Crippen LogP) is 0.577. The highest BCUT2D eigenvalue weighted by atomic mass is 32.2. The summed E-state index contributed by atoms with van der Waals surface area (Å²) >= 11 is 0. The first-order valence-electron chi connectivity index (χ1n) is 8.70. The number of aromatic carboxylic acids is 1. The highest BCUT2D eigenvalue weighted by Gasteiger charge is 2.73. The van der Waals surface area contributed by atoms with Gasteiger partial charge < -0.3 is 19.5 Å². The second-order valence-electron chi connectivity index (χ2n) is 7.17. The summed E-state index contributed by atoms with van der Waals surface area (Å²) in [5.41, 5.74) is 0.629. The Bertz CT molecular complexity index is 921. The van der Waals surface area contributed by atoms with Crippen LogP contribution in [0.5, 0.6) is 0 Å². The van der Waals surface area contributed by atoms with Crippen LogP contribution in [0.1, 0.15) is 36.7 Å². The molecule has 2 aliphatic rings. The van der Waals surface area contributed by atoms with Gasteiger partial charge in [-0.05, 0) is 38.5 Å². The molecule has 2 fully saturated rings. The van der Waals surface area contributed by atoms with Crippen LogP contribution < -0.4 is 0 Å². The van der Waals surface area contributed by atoms with Gasteiger partial charge in [-0.15, -0.1) is 0 Å². The summed E-state index contributed by atoms with van der Waals surface area (Å²) in [4.78, 5) is 37.0. The number of carbonyl (C=O) groups is 3. The summed E-state index contributed by atoms with van der Waals surface area (Å²) < 4.78 is 34.7. The van der Waals surface area contributed by atoms with E-state index in [1.165, 1.54) is 38.1 Å². The first kappa shape index (κ1) is 20.3. The van der Waals surface area contributed by atoms with Crippen molar-refractivity contribution in [2.24, 2.45) is 0 Å². The van der Waals surface area contributed by atoms with E-state index in [1.54, 1.807) is 6.92 Å². The number of amides is 1. The Labute approximate surface area is 162 Å². The molecule has 0 aliphatic carbocycles. The number of carbonyl (C=O) groups excluding carboxylic acids is 2. The Balaban J connectivity index is 1.77. The number of carboxylic acid groups (broad SMARTS) is 1. The molecule has 9 nitrogen and oxygen atoms in total. The average Bonchev–Trinajstić information content (AvgIpc) is 2.78. The fourth-order valence-corrected chi connectivity index (χ4v) is 5.74. The van der Waals surface area contributed by atoms with Gasteiger partial charge in [0.25, 0.3) is 5.91 Å². The normalized spacial score (nSPS) is 27.0. The molecular formula is C18H21NO8S. The molecule has 3 atom stereocenters. The summed E-state index contributed by atoms with van der Waals surface area (Å²) in [6.07, 6.45) is -1.10. The molecular weight excluding hydrogens is 390 g/mol. The Morgan fingerprint density at radius 2 is 1.82 bits per heavy atom. The fourth-order valence-electron chi connectivity index (χ4n) is 3.55. The molecule has 0 radical (unpaired) electrons. The second-order valence-corrected chi connectivity index (χ2v) is 9.80. The lowest BCUT2D eigenvalue weighted by Crippen LogP contribution is -2.67. The quantitative estimate of drug-likeness (QED) is 0.532. The van der Waals surface area contributed by atoms with Crippen LogP contribution in [0.25, 0.3) is 0 Å². The maximum absolute atomic E-state index is 12.9. The Morgan fingerprint density at radius 3 is 2.36 bits per heavy atom. The van der Waals surface area contributed by atoms with Crippen molar-refractivity contribution in [2.75, 3.05) is 6.61 Å². The molecule has 1 amide bonds. The van der Waals surface area contributed by atoms with Crippen molar-refractivity contribution >= 4 is 27.7 Å². The third kappa shape index (κ3) is 2.87. The van der Waals surface area contributed by atoms with Gasteiger partial charge in [-0.2, -0.15) is 0 Å². The molecule has 2 heterocycles. The Hall–Kier alpha value is -2.46. The van der Waals surface area contributed by atoms with Gasteiger partial charge in [-0.25, -0.2) is 18.0 Å². The molecule has 2 saturated heterocycles. The number of rotatable bonds is 6. The SMILES string of the molecule is CCO[C@H]1C(=O)N2[C@@H](C(=O)OCc3ccc(C(=O)O)cc3)C(C)(C)S(=O)(=O)[C@H]12. The van der Waals surface area contributed by atoms with Crippen molar-refractivity contribution in [3.63, 3.8) is 0 Å². The lowest BCUT2D eigenvalue weighted by atomic mass is 9.97. The average molecular weight is 411 g/mol. The largest absolute Gasteiger partial charge is 0.478 e. The van der Waals surface area contributed by atoms with E-state index in [4.69, 9.17) is 14.6 Å². The number of hydrogen-bond donors (Lipinski definition) is 1. The molecule has 0 unspecified atom stereocenters. The van der Waals surface area contributed by atoms with E-state index in [0.29, 0.717) is 5.56 Å². The van der Waals surface area contributed by atoms with Crippen LogP contribution in [0.3, 0.4) is 0 Å². The number of sulfone groups is 1. The van der Waals surface area contributed by atoms with Crippen molar-refractivity contribution in [1.82, 2.24) is 4.90 Å². The van der Waals surface area contributed by atoms with Gasteiger partial charge in [0.15, 0.2) is 21.3 Å². The van der Waals surface area contributed by atoms with Crippen molar-refractivity contribution in [3.8, 4) is 0 Å². The van der Waals surface area contributed by atoms with Gasteiger partial charge in [0.2, 0.25) is 0 Å². The number of β-lactam (4-membered cyclic amide) rings is 1. The molecule has 1 aromatic carbocycles. The second kappa shape index (κ2) is 6.85. The molecule has 1 aromatic rings. The number of benzene rings is 1. The summed E-state index contributed by atoms with van der Waals surface area (Å²) in [6.45, 7) is 4.45. The lowest BCUT2D eigenvalue weighted by Gasteiger charge is -2.42. The van der Waals surface area contributed by atoms with Gasteiger partial charge in [-0.3, -0.25) is 4.79 Å². The van der Waals surface area contributed by atoms with E-state index in [0.717, 1.165) is 4.90 Å². The minimum atomic E-state index is -3.85. The molecule has 1 N–H and O–H groups in total. The third-order valence-electron chi connectivity index (χ3n) is 5.17. The van der Waals surface area contributed by atoms with Gasteiger partial charge in [-0.1, -0.05) is 12.1 Å². The van der Waals surface area contributed by atoms with Crippen LogP contribution in [-0.2, 0) is 35.5 Å². The van der Waals surface area contributed by atoms with Gasteiger partial charge in [0.1, 0.15) is 17.4 Å². The summed E-state index contributed by atoms with van der Waals surface area (Å²) in [5.74, 6) is -2.46. The molecule has 152 valence electrons. The van der Waals surface area contributed by atoms with Crippen LogP contribution in [0.15, 0.2) is 24.3 Å². The van der Waals surface area contributed by atoms with Crippen LogP contribution in [0.2, 0.25) is 0 Å². The first-order chi connectivity index (χ1) is 13.0. The van der Waals surface area contributed by atoms with E-state index in [1.807, 2.05) is 0 Å². The minimum Gasteiger partial charge on any atom is -0.478 e. The van der Waals surface area contributed by atoms with Crippen LogP contribution in [-0.4, -0.2) is 65.1 Å². The number of esters is 1. The van der Waals surface area contributed by atoms with E-state index in [9.17, 15) is 22.8 Å². The zero-order chi connectivity index (χ0) is 20.9. The topological polar surface area (TPSA) is 127 Å². The van der Waals surface area contributed by atoms with Gasteiger partial charge in [0, 0.05) is 6.61 Å². The van der Waals surface area contributed by atoms with Crippen molar-refractivity contribution < 1.29 is 37.4 Å². The molecule has 0 bridgehead atoms. The lowest BCUT2D eigenvalue weighted by molar-refractivity contribution is -0.177. The zero-order valence-corrected chi connectivity index (χ0v) is 16.4. The van der Waals surface area contributed by atoms with Crippen molar-refractivity contribution in [2.45, 2.75) is 49.6 Å². The molecule has 3 rings (SSSR count). The van der Waals surface area contributed by atoms with Crippen LogP contribution in [0.4, 0.5) is 0 Å². The van der Waals surface area contributed by atoms with Crippen molar-refractivity contribution in [3.05, 3.63) is 35.4 Å². The molecule has 28 heavy (non-hydrogen) atoms. The van der Waals surface area contributed by atoms with E-state index in [2.05, 4.69) is 0 Å². The molecule has 2 aliphatic heterocycles. The number of ether oxygens (including phenoxy) is 2. The number of fused-ring (bicyclic) bond motifs is 1. The molecule has 10 heteroatoms. The predicted molar refractivity (Wildman–Crippen MR) is 96.0 cm³/mol. The number of carboxylic acids is 1. The van der Waals surface area contributed by atoms with E-state index < -0.39 is 49.9 Å². The molecule has 0 saturated carbocycles. The van der Waals surface area contributed by atoms with E-state index in [-0.39, 0.29) is 18.8 Å². The highest BCUT2D eigenvalue weighted by molar-refractivity contribution is 7.94. The zero-order valence-electron chi connectivity index (χ0n) is 15.6. The smallest absolute Gasteiger partial charge is 0.335 e. The minimum absolute atomic E-state index is 0.0917. The summed E-state index contributed by atoms with van der Waals surface area (Å²) in [5, 5.41) is 7.71. The summed E-state index contributed by atoms with van der Waals surface area (Å²) in [6, 6.07) is 4.46. The van der Waals surface area contributed by atoms with E-state index >= 15 is 0 Å². The Morgan fingerprint density at radius 1 is 1.21 bits per heavy atom. The Kier molecular flexibility index (Phi) is 4.96. The standard InChI is InChI=1S/C18H21NO8S/c1-4-26-12-14(20)19-13(18(2,3)28(24,25)15(12)19)17(23)27-9-10-5-7-11(8-6-10)16(21)22/h5-8,12-13,15H,4,9H2,1-3H3,(H,21,22)/t12-,13-,15+/m0/s1. The maximum atomic E-state index is 12.9. The fraction of sp³-hybridized carbons (Fsp3) is 0.500. The first-order valence-corrected chi connectivity index (χ1v) is 10.2. The van der Waals surface area contributed by atoms with Crippen LogP contribution >= 0.6 is 0 Å². The van der Waals surface area contributed by atoms with Gasteiger partial charge in [0.05, 0.1) is 5.56 Å². The van der Waals surface area contributed by atoms with Crippen molar-refractivity contribution in [1.29, 1.82) is 0 Å². The molecule has 0 spiro atoms. The number of hydrogen-bond acceptors (Lipinski definition) is 7. The highest BCUT2D eigenvalue weighted by Crippen LogP contribution is 2.47.